The van der Waals surface area contributed by atoms with Gasteiger partial charge < -0.3 is 10.1 Å². The molecule has 0 aliphatic heterocycles. The fourth-order valence-electron chi connectivity index (χ4n) is 3.69. The monoisotopic (exact) mass is 421 g/mol. The number of aryl methyl sites for hydroxylation is 1. The van der Waals surface area contributed by atoms with E-state index in [1.165, 1.54) is 22.3 Å². The highest BCUT2D eigenvalue weighted by molar-refractivity contribution is 6.30. The number of halogens is 1. The van der Waals surface area contributed by atoms with Crippen LogP contribution in [0.4, 0.5) is 0 Å². The van der Waals surface area contributed by atoms with E-state index < -0.39 is 0 Å². The molecule has 3 aromatic rings. The molecular weight excluding hydrogens is 390 g/mol. The summed E-state index contributed by atoms with van der Waals surface area (Å²) in [4.78, 5) is 0. The summed E-state index contributed by atoms with van der Waals surface area (Å²) < 4.78 is 5.82. The highest BCUT2D eigenvalue weighted by Gasteiger charge is 2.15. The maximum Gasteiger partial charge on any atom is 0.119 e. The topological polar surface area (TPSA) is 21.3 Å². The quantitative estimate of drug-likeness (QED) is 0.391. The Bertz CT molecular complexity index is 901. The summed E-state index contributed by atoms with van der Waals surface area (Å²) in [5, 5.41) is 4.44. The molecule has 2 atom stereocenters. The molecule has 0 saturated heterocycles. The lowest BCUT2D eigenvalue weighted by Crippen LogP contribution is -2.21. The number of ether oxygens (including phenoxy) is 1. The second-order valence-electron chi connectivity index (χ2n) is 8.21. The minimum Gasteiger partial charge on any atom is -0.491 e. The molecule has 0 amide bonds. The third-order valence-electron chi connectivity index (χ3n) is 5.39. The van der Waals surface area contributed by atoms with Crippen LogP contribution in [0.15, 0.2) is 72.8 Å². The zero-order valence-electron chi connectivity index (χ0n) is 18.4. The van der Waals surface area contributed by atoms with Crippen LogP contribution in [0.2, 0.25) is 5.02 Å². The summed E-state index contributed by atoms with van der Waals surface area (Å²) in [7, 11) is 0. The standard InChI is InChI=1S/C27H32ClNO/c1-19(2)30-26-15-11-24(12-16-26)27(23-7-5-20(3)6-8-23)17-18-29-21(4)22-9-13-25(28)14-10-22/h5-16,19,21,27,29H,17-18H2,1-4H3/t21-,27+/m1/s1. The average molecular weight is 422 g/mol. The van der Waals surface area contributed by atoms with E-state index in [1.807, 2.05) is 12.1 Å². The van der Waals surface area contributed by atoms with Gasteiger partial charge in [-0.3, -0.25) is 0 Å². The smallest absolute Gasteiger partial charge is 0.119 e. The Balaban J connectivity index is 1.71. The van der Waals surface area contributed by atoms with Crippen molar-refractivity contribution in [2.45, 2.75) is 52.2 Å². The van der Waals surface area contributed by atoms with Crippen LogP contribution in [-0.2, 0) is 0 Å². The molecule has 3 rings (SSSR count). The predicted molar refractivity (Wildman–Crippen MR) is 128 cm³/mol. The molecule has 0 spiro atoms. The number of hydrogen-bond acceptors (Lipinski definition) is 2. The molecular formula is C27H32ClNO. The highest BCUT2D eigenvalue weighted by atomic mass is 35.5. The van der Waals surface area contributed by atoms with Crippen LogP contribution in [0, 0.1) is 6.92 Å². The lowest BCUT2D eigenvalue weighted by molar-refractivity contribution is 0.242. The molecule has 0 aliphatic carbocycles. The molecule has 158 valence electrons. The Morgan fingerprint density at radius 2 is 1.30 bits per heavy atom. The Hall–Kier alpha value is -2.29. The number of hydrogen-bond donors (Lipinski definition) is 1. The lowest BCUT2D eigenvalue weighted by Gasteiger charge is -2.21. The molecule has 1 N–H and O–H groups in total. The average Bonchev–Trinajstić information content (AvgIpc) is 2.73. The second kappa shape index (κ2) is 10.7. The first kappa shape index (κ1) is 22.4. The Morgan fingerprint density at radius 1 is 0.767 bits per heavy atom. The van der Waals surface area contributed by atoms with Gasteiger partial charge >= 0.3 is 0 Å². The third kappa shape index (κ3) is 6.35. The SMILES string of the molecule is Cc1ccc([C@H](CCN[C@H](C)c2ccc(Cl)cc2)c2ccc(OC(C)C)cc2)cc1. The van der Waals surface area contributed by atoms with Crippen LogP contribution >= 0.6 is 11.6 Å². The first-order chi connectivity index (χ1) is 14.4. The van der Waals surface area contributed by atoms with Crippen LogP contribution in [0.5, 0.6) is 5.75 Å². The molecule has 2 nitrogen and oxygen atoms in total. The number of rotatable bonds is 9. The van der Waals surface area contributed by atoms with Crippen LogP contribution in [0.25, 0.3) is 0 Å². The fourth-order valence-corrected chi connectivity index (χ4v) is 3.81. The van der Waals surface area contributed by atoms with Gasteiger partial charge in [-0.15, -0.1) is 0 Å². The summed E-state index contributed by atoms with van der Waals surface area (Å²) in [6.45, 7) is 9.36. The van der Waals surface area contributed by atoms with Gasteiger partial charge in [0.15, 0.2) is 0 Å². The summed E-state index contributed by atoms with van der Waals surface area (Å²) in [5.41, 5.74) is 5.20. The van der Waals surface area contributed by atoms with Crippen molar-refractivity contribution in [3.8, 4) is 5.75 Å². The molecule has 0 saturated carbocycles. The van der Waals surface area contributed by atoms with Gasteiger partial charge in [-0.2, -0.15) is 0 Å². The lowest BCUT2D eigenvalue weighted by atomic mass is 9.88. The van der Waals surface area contributed by atoms with Gasteiger partial charge in [-0.25, -0.2) is 0 Å². The van der Waals surface area contributed by atoms with Crippen molar-refractivity contribution in [2.24, 2.45) is 0 Å². The van der Waals surface area contributed by atoms with E-state index in [0.717, 1.165) is 23.7 Å². The zero-order chi connectivity index (χ0) is 21.5. The Morgan fingerprint density at radius 3 is 1.87 bits per heavy atom. The van der Waals surface area contributed by atoms with Crippen LogP contribution in [-0.4, -0.2) is 12.6 Å². The number of nitrogens with one attached hydrogen (secondary N) is 1. The Kier molecular flexibility index (Phi) is 7.95. The second-order valence-corrected chi connectivity index (χ2v) is 8.65. The van der Waals surface area contributed by atoms with E-state index in [-0.39, 0.29) is 12.1 Å². The van der Waals surface area contributed by atoms with E-state index in [9.17, 15) is 0 Å². The Labute approximate surface area is 186 Å². The van der Waals surface area contributed by atoms with E-state index >= 15 is 0 Å². The van der Waals surface area contributed by atoms with Gasteiger partial charge in [0.2, 0.25) is 0 Å². The molecule has 0 radical (unpaired) electrons. The first-order valence-corrected chi connectivity index (χ1v) is 11.1. The minimum absolute atomic E-state index is 0.183. The zero-order valence-corrected chi connectivity index (χ0v) is 19.1. The van der Waals surface area contributed by atoms with Gasteiger partial charge in [0.05, 0.1) is 6.10 Å². The molecule has 30 heavy (non-hydrogen) atoms. The molecule has 0 heterocycles. The van der Waals surface area contributed by atoms with E-state index in [0.29, 0.717) is 5.92 Å². The third-order valence-corrected chi connectivity index (χ3v) is 5.64. The maximum absolute atomic E-state index is 6.02. The largest absolute Gasteiger partial charge is 0.491 e. The van der Waals surface area contributed by atoms with Crippen molar-refractivity contribution in [2.75, 3.05) is 6.54 Å². The molecule has 0 bridgehead atoms. The molecule has 3 aromatic carbocycles. The molecule has 0 aliphatic rings. The summed E-state index contributed by atoms with van der Waals surface area (Å²) in [6.07, 6.45) is 1.20. The van der Waals surface area contributed by atoms with Crippen LogP contribution in [0.3, 0.4) is 0 Å². The molecule has 0 fully saturated rings. The van der Waals surface area contributed by atoms with E-state index in [4.69, 9.17) is 16.3 Å². The van der Waals surface area contributed by atoms with Gasteiger partial charge in [0.1, 0.15) is 5.75 Å². The molecule has 3 heteroatoms. The summed E-state index contributed by atoms with van der Waals surface area (Å²) >= 11 is 6.02. The molecule has 0 aromatic heterocycles. The summed E-state index contributed by atoms with van der Waals surface area (Å²) in [6, 6.07) is 25.8. The van der Waals surface area contributed by atoms with Gasteiger partial charge in [0, 0.05) is 17.0 Å². The maximum atomic E-state index is 6.02. The van der Waals surface area contributed by atoms with Crippen LogP contribution in [0.1, 0.15) is 61.4 Å². The van der Waals surface area contributed by atoms with Crippen LogP contribution < -0.4 is 10.1 Å². The van der Waals surface area contributed by atoms with Crippen molar-refractivity contribution >= 4 is 11.6 Å². The first-order valence-electron chi connectivity index (χ1n) is 10.7. The van der Waals surface area contributed by atoms with E-state index in [1.54, 1.807) is 0 Å². The van der Waals surface area contributed by atoms with Crippen molar-refractivity contribution in [1.82, 2.24) is 5.32 Å². The number of benzene rings is 3. The minimum atomic E-state index is 0.183. The summed E-state index contributed by atoms with van der Waals surface area (Å²) in [5.74, 6) is 1.26. The van der Waals surface area contributed by atoms with Gasteiger partial charge in [-0.05, 0) is 81.6 Å². The predicted octanol–water partition coefficient (Wildman–Crippen LogP) is 7.31. The molecule has 0 unspecified atom stereocenters. The van der Waals surface area contributed by atoms with Crippen molar-refractivity contribution in [3.63, 3.8) is 0 Å². The van der Waals surface area contributed by atoms with E-state index in [2.05, 4.69) is 93.7 Å². The highest BCUT2D eigenvalue weighted by Crippen LogP contribution is 2.30. The van der Waals surface area contributed by atoms with Gasteiger partial charge in [-0.1, -0.05) is 65.7 Å². The van der Waals surface area contributed by atoms with Crippen molar-refractivity contribution in [1.29, 1.82) is 0 Å². The van der Waals surface area contributed by atoms with Crippen molar-refractivity contribution < 1.29 is 4.74 Å². The van der Waals surface area contributed by atoms with Crippen molar-refractivity contribution in [3.05, 3.63) is 100 Å². The fraction of sp³-hybridized carbons (Fsp3) is 0.333. The van der Waals surface area contributed by atoms with Gasteiger partial charge in [0.25, 0.3) is 0 Å². The normalized spacial score (nSPS) is 13.3.